The normalized spacial score (nSPS) is 24.2. The number of hydrogen-bond donors (Lipinski definition) is 0. The van der Waals surface area contributed by atoms with Crippen molar-refractivity contribution in [2.45, 2.75) is 32.0 Å². The molecule has 1 aliphatic heterocycles. The first-order chi connectivity index (χ1) is 8.02. The Morgan fingerprint density at radius 2 is 2.35 bits per heavy atom. The molecule has 4 nitrogen and oxygen atoms in total. The summed E-state index contributed by atoms with van der Waals surface area (Å²) in [5, 5.41) is 0. The quantitative estimate of drug-likeness (QED) is 0.195. The van der Waals surface area contributed by atoms with Crippen LogP contribution >= 0.6 is 22.6 Å². The van der Waals surface area contributed by atoms with E-state index in [9.17, 15) is 9.59 Å². The van der Waals surface area contributed by atoms with Crippen LogP contribution in [0.2, 0.25) is 0 Å². The topological polar surface area (TPSA) is 52.6 Å². The van der Waals surface area contributed by atoms with Crippen LogP contribution in [0.15, 0.2) is 24.3 Å². The molecule has 1 heterocycles. The molecule has 0 amide bonds. The van der Waals surface area contributed by atoms with Gasteiger partial charge in [-0.1, -0.05) is 29.2 Å². The zero-order valence-electron chi connectivity index (χ0n) is 9.65. The number of ether oxygens (including phenoxy) is 2. The van der Waals surface area contributed by atoms with Gasteiger partial charge in [-0.25, -0.2) is 4.79 Å². The highest BCUT2D eigenvalue weighted by Crippen LogP contribution is 2.27. The van der Waals surface area contributed by atoms with Crippen LogP contribution < -0.4 is 0 Å². The molecule has 0 aromatic heterocycles. The van der Waals surface area contributed by atoms with Crippen LogP contribution in [0, 0.1) is 0 Å². The lowest BCUT2D eigenvalue weighted by molar-refractivity contribution is -0.154. The van der Waals surface area contributed by atoms with Gasteiger partial charge in [0.1, 0.15) is 0 Å². The van der Waals surface area contributed by atoms with Gasteiger partial charge in [-0.3, -0.25) is 4.79 Å². The molecular weight excluding hydrogens is 335 g/mol. The first kappa shape index (κ1) is 14.4. The maximum absolute atomic E-state index is 11.1. The van der Waals surface area contributed by atoms with Crippen LogP contribution in [-0.2, 0) is 19.1 Å². The first-order valence-electron chi connectivity index (χ1n) is 5.32. The van der Waals surface area contributed by atoms with E-state index in [4.69, 9.17) is 4.74 Å². The number of halogens is 1. The Bertz CT molecular complexity index is 348. The summed E-state index contributed by atoms with van der Waals surface area (Å²) < 4.78 is 11.1. The fraction of sp³-hybridized carbons (Fsp3) is 0.500. The van der Waals surface area contributed by atoms with E-state index < -0.39 is 11.9 Å². The predicted molar refractivity (Wildman–Crippen MR) is 71.8 cm³/mol. The zero-order valence-corrected chi connectivity index (χ0v) is 11.8. The molecule has 0 N–H and O–H groups in total. The van der Waals surface area contributed by atoms with Crippen molar-refractivity contribution in [1.29, 1.82) is 0 Å². The standard InChI is InChI=1S/C12H15IO4/c1-8-7-10(17-11(8)5-6-13)3-4-12(15)16-9(2)14/h3-4,10-11H,1,5-7H2,2H3/b4-3+/t10?,11-/m0/s1. The minimum atomic E-state index is -0.663. The fourth-order valence-electron chi connectivity index (χ4n) is 1.59. The second-order valence-corrected chi connectivity index (χ2v) is 4.85. The Hall–Kier alpha value is -0.690. The van der Waals surface area contributed by atoms with Gasteiger partial charge in [0.15, 0.2) is 0 Å². The van der Waals surface area contributed by atoms with Crippen LogP contribution in [0.25, 0.3) is 0 Å². The van der Waals surface area contributed by atoms with Crippen molar-refractivity contribution in [3.05, 3.63) is 24.3 Å². The van der Waals surface area contributed by atoms with Crippen molar-refractivity contribution in [3.8, 4) is 0 Å². The summed E-state index contributed by atoms with van der Waals surface area (Å²) in [5.41, 5.74) is 1.05. The number of carbonyl (C=O) groups is 2. The van der Waals surface area contributed by atoms with Crippen LogP contribution in [0.3, 0.4) is 0 Å². The van der Waals surface area contributed by atoms with E-state index in [1.807, 2.05) is 0 Å². The van der Waals surface area contributed by atoms with E-state index in [0.29, 0.717) is 6.42 Å². The highest BCUT2D eigenvalue weighted by molar-refractivity contribution is 14.1. The van der Waals surface area contributed by atoms with Crippen molar-refractivity contribution in [3.63, 3.8) is 0 Å². The Kier molecular flexibility index (Phi) is 5.84. The summed E-state index contributed by atoms with van der Waals surface area (Å²) >= 11 is 2.29. The second kappa shape index (κ2) is 6.90. The van der Waals surface area contributed by atoms with Crippen LogP contribution in [-0.4, -0.2) is 28.6 Å². The average molecular weight is 350 g/mol. The van der Waals surface area contributed by atoms with Gasteiger partial charge in [0, 0.05) is 23.8 Å². The SMILES string of the molecule is C=C1CC(/C=C/C(=O)OC(C)=O)O[C@H]1CCI. The number of rotatable bonds is 4. The fourth-order valence-corrected chi connectivity index (χ4v) is 2.16. The maximum Gasteiger partial charge on any atom is 0.338 e. The molecule has 94 valence electrons. The van der Waals surface area contributed by atoms with E-state index in [0.717, 1.165) is 16.4 Å². The molecule has 0 spiro atoms. The molecule has 0 aliphatic carbocycles. The average Bonchev–Trinajstić information content (AvgIpc) is 2.57. The summed E-state index contributed by atoms with van der Waals surface area (Å²) in [6.07, 6.45) is 4.42. The molecule has 5 heteroatoms. The Balaban J connectivity index is 2.43. The van der Waals surface area contributed by atoms with Crippen LogP contribution in [0.1, 0.15) is 19.8 Å². The predicted octanol–water partition coefficient (Wildman–Crippen LogP) is 2.17. The van der Waals surface area contributed by atoms with Gasteiger partial charge in [0.25, 0.3) is 0 Å². The van der Waals surface area contributed by atoms with E-state index >= 15 is 0 Å². The number of alkyl halides is 1. The van der Waals surface area contributed by atoms with Crippen LogP contribution in [0.4, 0.5) is 0 Å². The van der Waals surface area contributed by atoms with E-state index in [-0.39, 0.29) is 12.2 Å². The zero-order chi connectivity index (χ0) is 12.8. The van der Waals surface area contributed by atoms with Gasteiger partial charge in [-0.05, 0) is 18.1 Å². The van der Waals surface area contributed by atoms with Crippen molar-refractivity contribution >= 4 is 34.5 Å². The second-order valence-electron chi connectivity index (χ2n) is 3.78. The molecule has 1 unspecified atom stereocenters. The molecule has 1 fully saturated rings. The maximum atomic E-state index is 11.1. The van der Waals surface area contributed by atoms with Gasteiger partial charge >= 0.3 is 11.9 Å². The number of esters is 2. The Morgan fingerprint density at radius 3 is 2.94 bits per heavy atom. The third kappa shape index (κ3) is 4.99. The first-order valence-corrected chi connectivity index (χ1v) is 6.85. The summed E-state index contributed by atoms with van der Waals surface area (Å²) in [6.45, 7) is 5.14. The van der Waals surface area contributed by atoms with Gasteiger partial charge in [0.05, 0.1) is 12.2 Å². The van der Waals surface area contributed by atoms with Crippen molar-refractivity contribution in [1.82, 2.24) is 0 Å². The van der Waals surface area contributed by atoms with Gasteiger partial charge in [-0.2, -0.15) is 0 Å². The van der Waals surface area contributed by atoms with Gasteiger partial charge in [0.2, 0.25) is 0 Å². The van der Waals surface area contributed by atoms with Gasteiger partial charge in [-0.15, -0.1) is 0 Å². The molecule has 0 aromatic rings. The molecule has 0 saturated carbocycles. The Labute approximate surface area is 114 Å². The van der Waals surface area contributed by atoms with Crippen LogP contribution in [0.5, 0.6) is 0 Å². The smallest absolute Gasteiger partial charge is 0.338 e. The molecule has 1 saturated heterocycles. The highest BCUT2D eigenvalue weighted by Gasteiger charge is 2.26. The molecule has 1 rings (SSSR count). The van der Waals surface area contributed by atoms with E-state index in [1.54, 1.807) is 6.08 Å². The minimum absolute atomic E-state index is 0.0744. The Morgan fingerprint density at radius 1 is 1.65 bits per heavy atom. The molecule has 2 atom stereocenters. The lowest BCUT2D eigenvalue weighted by Crippen LogP contribution is -2.11. The lowest BCUT2D eigenvalue weighted by Gasteiger charge is -2.09. The van der Waals surface area contributed by atoms with Crippen molar-refractivity contribution < 1.29 is 19.1 Å². The summed E-state index contributed by atoms with van der Waals surface area (Å²) in [6, 6.07) is 0. The third-order valence-electron chi connectivity index (χ3n) is 2.32. The summed E-state index contributed by atoms with van der Waals surface area (Å²) in [4.78, 5) is 21.6. The number of hydrogen-bond acceptors (Lipinski definition) is 4. The van der Waals surface area contributed by atoms with Crippen molar-refractivity contribution in [2.75, 3.05) is 4.43 Å². The molecule has 0 radical (unpaired) electrons. The van der Waals surface area contributed by atoms with Gasteiger partial charge < -0.3 is 9.47 Å². The van der Waals surface area contributed by atoms with E-state index in [2.05, 4.69) is 33.9 Å². The molecule has 0 bridgehead atoms. The summed E-state index contributed by atoms with van der Waals surface area (Å²) in [5.74, 6) is -1.27. The largest absolute Gasteiger partial charge is 0.390 e. The lowest BCUT2D eigenvalue weighted by atomic mass is 10.1. The molecule has 0 aromatic carbocycles. The molecule has 17 heavy (non-hydrogen) atoms. The van der Waals surface area contributed by atoms with E-state index in [1.165, 1.54) is 13.0 Å². The monoisotopic (exact) mass is 350 g/mol. The third-order valence-corrected chi connectivity index (χ3v) is 2.94. The molecular formula is C12H15IO4. The summed E-state index contributed by atoms with van der Waals surface area (Å²) in [7, 11) is 0. The highest BCUT2D eigenvalue weighted by atomic mass is 127. The minimum Gasteiger partial charge on any atom is -0.390 e. The van der Waals surface area contributed by atoms with Crippen molar-refractivity contribution in [2.24, 2.45) is 0 Å². The molecule has 1 aliphatic rings. The number of carbonyl (C=O) groups excluding carboxylic acids is 2.